The highest BCUT2D eigenvalue weighted by Gasteiger charge is 2.33. The molecule has 1 fully saturated rings. The predicted molar refractivity (Wildman–Crippen MR) is 109 cm³/mol. The van der Waals surface area contributed by atoms with Gasteiger partial charge in [-0.15, -0.1) is 0 Å². The number of hydrogen-bond donors (Lipinski definition) is 2. The Labute approximate surface area is 165 Å². The summed E-state index contributed by atoms with van der Waals surface area (Å²) in [4.78, 5) is 15.3. The Kier molecular flexibility index (Phi) is 5.82. The van der Waals surface area contributed by atoms with Gasteiger partial charge in [-0.05, 0) is 37.0 Å². The largest absolute Gasteiger partial charge is 0.348 e. The summed E-state index contributed by atoms with van der Waals surface area (Å²) in [5, 5.41) is 2.38. The maximum absolute atomic E-state index is 12.3. The van der Waals surface area contributed by atoms with Crippen LogP contribution in [0.25, 0.3) is 16.0 Å². The highest BCUT2D eigenvalue weighted by Crippen LogP contribution is 2.28. The Morgan fingerprint density at radius 3 is 2.18 bits per heavy atom. The molecule has 146 valence electrons. The third-order valence-corrected chi connectivity index (χ3v) is 6.81. The molecule has 28 heavy (non-hydrogen) atoms. The van der Waals surface area contributed by atoms with Gasteiger partial charge in [-0.25, -0.2) is 18.0 Å². The maximum Gasteiger partial charge on any atom is 0.220 e. The van der Waals surface area contributed by atoms with Crippen molar-refractivity contribution in [2.24, 2.45) is 0 Å². The van der Waals surface area contributed by atoms with Gasteiger partial charge in [-0.2, -0.15) is 0 Å². The molecular formula is C21H23N3O3S. The van der Waals surface area contributed by atoms with E-state index in [-0.39, 0.29) is 11.9 Å². The molecule has 1 aliphatic heterocycles. The molecule has 3 rings (SSSR count). The first kappa shape index (κ1) is 20.1. The summed E-state index contributed by atoms with van der Waals surface area (Å²) in [5.41, 5.74) is 3.42. The fourth-order valence-corrected chi connectivity index (χ4v) is 4.15. The smallest absolute Gasteiger partial charge is 0.220 e. The van der Waals surface area contributed by atoms with Crippen molar-refractivity contribution in [3.05, 3.63) is 65.5 Å². The maximum atomic E-state index is 12.3. The zero-order valence-electron chi connectivity index (χ0n) is 15.8. The summed E-state index contributed by atoms with van der Waals surface area (Å²) < 4.78 is 27.4. The van der Waals surface area contributed by atoms with Gasteiger partial charge in [-0.1, -0.05) is 48.5 Å². The van der Waals surface area contributed by atoms with Gasteiger partial charge >= 0.3 is 0 Å². The number of nitrogens with zero attached hydrogens (tertiary/aromatic N) is 1. The fraction of sp³-hybridized carbons (Fsp3) is 0.333. The second-order valence-electron chi connectivity index (χ2n) is 7.18. The minimum atomic E-state index is -3.44. The molecule has 0 aromatic heterocycles. The lowest BCUT2D eigenvalue weighted by molar-refractivity contribution is -0.123. The average Bonchev–Trinajstić information content (AvgIpc) is 2.69. The van der Waals surface area contributed by atoms with Crippen molar-refractivity contribution in [2.45, 2.75) is 44.0 Å². The first-order valence-electron chi connectivity index (χ1n) is 9.18. The third-order valence-electron chi connectivity index (χ3n) is 4.94. The van der Waals surface area contributed by atoms with Crippen molar-refractivity contribution >= 4 is 21.6 Å². The van der Waals surface area contributed by atoms with Gasteiger partial charge in [0, 0.05) is 12.5 Å². The summed E-state index contributed by atoms with van der Waals surface area (Å²) >= 11 is 0. The van der Waals surface area contributed by atoms with E-state index in [1.54, 1.807) is 26.0 Å². The lowest BCUT2D eigenvalue weighted by Crippen LogP contribution is -2.51. The first-order chi connectivity index (χ1) is 13.3. The molecule has 2 N–H and O–H groups in total. The van der Waals surface area contributed by atoms with Crippen LogP contribution in [0.3, 0.4) is 0 Å². The molecule has 7 heteroatoms. The van der Waals surface area contributed by atoms with Crippen molar-refractivity contribution < 1.29 is 13.2 Å². The monoisotopic (exact) mass is 397 g/mol. The van der Waals surface area contributed by atoms with Crippen LogP contribution in [0.15, 0.2) is 48.5 Å². The van der Waals surface area contributed by atoms with E-state index < -0.39 is 21.3 Å². The van der Waals surface area contributed by atoms with E-state index >= 15 is 0 Å². The molecule has 1 aliphatic rings. The number of piperidine rings is 1. The average molecular weight is 398 g/mol. The molecule has 1 saturated heterocycles. The van der Waals surface area contributed by atoms with E-state index in [1.807, 2.05) is 36.4 Å². The summed E-state index contributed by atoms with van der Waals surface area (Å²) in [6.45, 7) is 10.3. The van der Waals surface area contributed by atoms with Crippen molar-refractivity contribution in [1.82, 2.24) is 10.0 Å². The van der Waals surface area contributed by atoms with Gasteiger partial charge in [0.2, 0.25) is 15.9 Å². The minimum absolute atomic E-state index is 0.0798. The Bertz CT molecular complexity index is 991. The molecule has 0 spiro atoms. The normalized spacial score (nSPS) is 19.9. The van der Waals surface area contributed by atoms with Crippen LogP contribution in [0.1, 0.15) is 38.3 Å². The molecule has 0 radical (unpaired) electrons. The fourth-order valence-electron chi connectivity index (χ4n) is 3.20. The van der Waals surface area contributed by atoms with E-state index in [9.17, 15) is 13.2 Å². The number of hydrogen-bond acceptors (Lipinski definition) is 3. The van der Waals surface area contributed by atoms with Crippen molar-refractivity contribution in [3.8, 4) is 11.1 Å². The highest BCUT2D eigenvalue weighted by molar-refractivity contribution is 7.90. The second kappa shape index (κ2) is 8.13. The molecule has 0 bridgehead atoms. The number of carbonyl (C=O) groups is 1. The molecule has 2 aromatic carbocycles. The van der Waals surface area contributed by atoms with E-state index in [4.69, 9.17) is 6.57 Å². The Morgan fingerprint density at radius 2 is 1.64 bits per heavy atom. The van der Waals surface area contributed by atoms with Crippen molar-refractivity contribution in [1.29, 1.82) is 0 Å². The predicted octanol–water partition coefficient (Wildman–Crippen LogP) is 3.55. The Balaban J connectivity index is 1.84. The lowest BCUT2D eigenvalue weighted by Gasteiger charge is -2.33. The van der Waals surface area contributed by atoms with Gasteiger partial charge in [0.1, 0.15) is 0 Å². The third kappa shape index (κ3) is 4.41. The van der Waals surface area contributed by atoms with Crippen LogP contribution in [-0.2, 0) is 14.8 Å². The number of amides is 1. The Morgan fingerprint density at radius 1 is 1.07 bits per heavy atom. The summed E-state index contributed by atoms with van der Waals surface area (Å²) in [7, 11) is -3.44. The van der Waals surface area contributed by atoms with Crippen LogP contribution in [0.4, 0.5) is 5.69 Å². The van der Waals surface area contributed by atoms with Crippen LogP contribution < -0.4 is 10.0 Å². The SMILES string of the molecule is [C-]#[N+]c1ccc(-c2ccc(C3NC(=O)CCC3NS(=O)(=O)C(C)C)cc2)cc1. The number of rotatable bonds is 5. The van der Waals surface area contributed by atoms with Crippen molar-refractivity contribution in [3.63, 3.8) is 0 Å². The van der Waals surface area contributed by atoms with Gasteiger partial charge in [0.25, 0.3) is 0 Å². The number of carbonyl (C=O) groups excluding carboxylic acids is 1. The van der Waals surface area contributed by atoms with Crippen LogP contribution in [0.5, 0.6) is 0 Å². The van der Waals surface area contributed by atoms with Gasteiger partial charge in [0.05, 0.1) is 17.9 Å². The highest BCUT2D eigenvalue weighted by atomic mass is 32.2. The summed E-state index contributed by atoms with van der Waals surface area (Å²) in [6, 6.07) is 14.2. The molecule has 6 nitrogen and oxygen atoms in total. The van der Waals surface area contributed by atoms with E-state index in [1.165, 1.54) is 0 Å². The molecule has 2 unspecified atom stereocenters. The van der Waals surface area contributed by atoms with Crippen molar-refractivity contribution in [2.75, 3.05) is 0 Å². The zero-order valence-corrected chi connectivity index (χ0v) is 16.7. The molecule has 0 aliphatic carbocycles. The summed E-state index contributed by atoms with van der Waals surface area (Å²) in [6.07, 6.45) is 0.759. The molecule has 1 heterocycles. The van der Waals surface area contributed by atoms with Gasteiger partial charge < -0.3 is 5.32 Å². The topological polar surface area (TPSA) is 79.6 Å². The standard InChI is InChI=1S/C21H23N3O3S/c1-14(2)28(26,27)24-19-12-13-20(25)23-21(19)17-6-4-15(5-7-17)16-8-10-18(22-3)11-9-16/h4-11,14,19,21,24H,12-13H2,1-2H3,(H,23,25). The molecule has 1 amide bonds. The lowest BCUT2D eigenvalue weighted by atomic mass is 9.91. The number of sulfonamides is 1. The van der Waals surface area contributed by atoms with Crippen LogP contribution >= 0.6 is 0 Å². The molecular weight excluding hydrogens is 374 g/mol. The van der Waals surface area contributed by atoms with E-state index in [0.29, 0.717) is 18.5 Å². The Hall–Kier alpha value is -2.69. The molecule has 0 saturated carbocycles. The minimum Gasteiger partial charge on any atom is -0.348 e. The molecule has 2 aromatic rings. The van der Waals surface area contributed by atoms with Crippen LogP contribution in [0, 0.1) is 6.57 Å². The summed E-state index contributed by atoms with van der Waals surface area (Å²) in [5.74, 6) is -0.0798. The zero-order chi connectivity index (χ0) is 20.3. The first-order valence-corrected chi connectivity index (χ1v) is 10.7. The van der Waals surface area contributed by atoms with Crippen LogP contribution in [-0.4, -0.2) is 25.6 Å². The number of benzene rings is 2. The van der Waals surface area contributed by atoms with Gasteiger partial charge in [-0.3, -0.25) is 4.79 Å². The van der Waals surface area contributed by atoms with E-state index in [2.05, 4.69) is 14.9 Å². The molecule has 2 atom stereocenters. The quantitative estimate of drug-likeness (QED) is 0.757. The van der Waals surface area contributed by atoms with Crippen LogP contribution in [0.2, 0.25) is 0 Å². The van der Waals surface area contributed by atoms with E-state index in [0.717, 1.165) is 16.7 Å². The second-order valence-corrected chi connectivity index (χ2v) is 9.45. The number of nitrogens with one attached hydrogen (secondary N) is 2. The van der Waals surface area contributed by atoms with Gasteiger partial charge in [0.15, 0.2) is 5.69 Å².